The highest BCUT2D eigenvalue weighted by molar-refractivity contribution is 6.31. The summed E-state index contributed by atoms with van der Waals surface area (Å²) in [6.45, 7) is 6.74. The van der Waals surface area contributed by atoms with Crippen LogP contribution in [0.25, 0.3) is 0 Å². The zero-order valence-corrected chi connectivity index (χ0v) is 11.5. The minimum atomic E-state index is 0.363. The third-order valence-electron chi connectivity index (χ3n) is 2.88. The Morgan fingerprint density at radius 1 is 1.47 bits per heavy atom. The SMILES string of the molecule is CCN(Cc1cc(N)ccc1Cl)C(C)COC. The fourth-order valence-corrected chi connectivity index (χ4v) is 2.04. The normalized spacial score (nSPS) is 13.0. The van der Waals surface area contributed by atoms with Gasteiger partial charge < -0.3 is 10.5 Å². The number of halogens is 1. The molecule has 1 unspecified atom stereocenters. The van der Waals surface area contributed by atoms with Gasteiger partial charge in [0, 0.05) is 30.4 Å². The van der Waals surface area contributed by atoms with E-state index in [0.29, 0.717) is 12.6 Å². The summed E-state index contributed by atoms with van der Waals surface area (Å²) in [7, 11) is 1.72. The Labute approximate surface area is 109 Å². The molecule has 4 heteroatoms. The van der Waals surface area contributed by atoms with E-state index in [9.17, 15) is 0 Å². The second-order valence-corrected chi connectivity index (χ2v) is 4.63. The van der Waals surface area contributed by atoms with Gasteiger partial charge in [-0.3, -0.25) is 4.90 Å². The highest BCUT2D eigenvalue weighted by Gasteiger charge is 2.13. The number of methoxy groups -OCH3 is 1. The van der Waals surface area contributed by atoms with Gasteiger partial charge in [-0.2, -0.15) is 0 Å². The van der Waals surface area contributed by atoms with Crippen molar-refractivity contribution >= 4 is 17.3 Å². The van der Waals surface area contributed by atoms with Crippen molar-refractivity contribution in [2.75, 3.05) is 26.0 Å². The molecular formula is C13H21ClN2O. The third kappa shape index (κ3) is 4.19. The molecule has 1 rings (SSSR count). The molecule has 1 aromatic rings. The van der Waals surface area contributed by atoms with Crippen molar-refractivity contribution in [1.29, 1.82) is 0 Å². The Hall–Kier alpha value is -0.770. The van der Waals surface area contributed by atoms with E-state index in [1.165, 1.54) is 0 Å². The molecule has 0 spiro atoms. The van der Waals surface area contributed by atoms with Crippen LogP contribution in [0, 0.1) is 0 Å². The van der Waals surface area contributed by atoms with Gasteiger partial charge in [0.15, 0.2) is 0 Å². The van der Waals surface area contributed by atoms with Gasteiger partial charge in [0.1, 0.15) is 0 Å². The monoisotopic (exact) mass is 256 g/mol. The van der Waals surface area contributed by atoms with E-state index in [0.717, 1.165) is 29.4 Å². The van der Waals surface area contributed by atoms with Crippen LogP contribution < -0.4 is 5.73 Å². The van der Waals surface area contributed by atoms with Crippen LogP contribution in [0.5, 0.6) is 0 Å². The lowest BCUT2D eigenvalue weighted by molar-refractivity contribution is 0.0982. The van der Waals surface area contributed by atoms with Gasteiger partial charge in [0.25, 0.3) is 0 Å². The van der Waals surface area contributed by atoms with E-state index in [2.05, 4.69) is 18.7 Å². The maximum atomic E-state index is 6.17. The van der Waals surface area contributed by atoms with Gasteiger partial charge in [-0.15, -0.1) is 0 Å². The number of nitrogen functional groups attached to an aromatic ring is 1. The standard InChI is InChI=1S/C13H21ClN2O/c1-4-16(10(2)9-17-3)8-11-7-12(15)5-6-13(11)14/h5-7,10H,4,8-9,15H2,1-3H3. The summed E-state index contributed by atoms with van der Waals surface area (Å²) in [5, 5.41) is 0.766. The molecule has 0 aromatic heterocycles. The summed E-state index contributed by atoms with van der Waals surface area (Å²) in [5.41, 5.74) is 7.59. The lowest BCUT2D eigenvalue weighted by atomic mass is 10.1. The molecule has 1 aromatic carbocycles. The maximum Gasteiger partial charge on any atom is 0.0615 e. The van der Waals surface area contributed by atoms with Crippen molar-refractivity contribution in [2.24, 2.45) is 0 Å². The highest BCUT2D eigenvalue weighted by atomic mass is 35.5. The lowest BCUT2D eigenvalue weighted by Crippen LogP contribution is -2.35. The average molecular weight is 257 g/mol. The molecule has 0 heterocycles. The number of hydrogen-bond acceptors (Lipinski definition) is 3. The first-order chi connectivity index (χ1) is 8.08. The van der Waals surface area contributed by atoms with Crippen molar-refractivity contribution in [2.45, 2.75) is 26.4 Å². The molecule has 0 aliphatic carbocycles. The largest absolute Gasteiger partial charge is 0.399 e. The molecule has 96 valence electrons. The maximum absolute atomic E-state index is 6.17. The third-order valence-corrected chi connectivity index (χ3v) is 3.25. The zero-order valence-electron chi connectivity index (χ0n) is 10.7. The molecule has 0 aliphatic heterocycles. The molecule has 3 nitrogen and oxygen atoms in total. The molecule has 1 atom stereocenters. The van der Waals surface area contributed by atoms with Gasteiger partial charge in [-0.05, 0) is 37.2 Å². The summed E-state index contributed by atoms with van der Waals surface area (Å²) in [6, 6.07) is 5.97. The number of anilines is 1. The first-order valence-electron chi connectivity index (χ1n) is 5.85. The van der Waals surface area contributed by atoms with Gasteiger partial charge in [-0.25, -0.2) is 0 Å². The summed E-state index contributed by atoms with van der Waals surface area (Å²) < 4.78 is 5.18. The van der Waals surface area contributed by atoms with Crippen LogP contribution in [0.3, 0.4) is 0 Å². The Morgan fingerprint density at radius 2 is 2.18 bits per heavy atom. The van der Waals surface area contributed by atoms with E-state index in [-0.39, 0.29) is 0 Å². The van der Waals surface area contributed by atoms with Crippen LogP contribution in [0.15, 0.2) is 18.2 Å². The number of rotatable bonds is 6. The minimum absolute atomic E-state index is 0.363. The van der Waals surface area contributed by atoms with Crippen LogP contribution >= 0.6 is 11.6 Å². The predicted molar refractivity (Wildman–Crippen MR) is 73.3 cm³/mol. The molecule has 0 aliphatic rings. The van der Waals surface area contributed by atoms with Crippen molar-refractivity contribution < 1.29 is 4.74 Å². The van der Waals surface area contributed by atoms with Crippen LogP contribution in [0.4, 0.5) is 5.69 Å². The van der Waals surface area contributed by atoms with Crippen LogP contribution in [-0.2, 0) is 11.3 Å². The Balaban J connectivity index is 2.76. The molecule has 0 saturated carbocycles. The van der Waals surface area contributed by atoms with E-state index in [4.69, 9.17) is 22.1 Å². The van der Waals surface area contributed by atoms with Gasteiger partial charge in [-0.1, -0.05) is 18.5 Å². The summed E-state index contributed by atoms with van der Waals surface area (Å²) in [6.07, 6.45) is 0. The molecule has 2 N–H and O–H groups in total. The number of hydrogen-bond donors (Lipinski definition) is 1. The van der Waals surface area contributed by atoms with Crippen molar-refractivity contribution in [3.05, 3.63) is 28.8 Å². The summed E-state index contributed by atoms with van der Waals surface area (Å²) >= 11 is 6.17. The Kier molecular flexibility index (Phi) is 5.75. The van der Waals surface area contributed by atoms with Crippen molar-refractivity contribution in [3.8, 4) is 0 Å². The van der Waals surface area contributed by atoms with E-state index >= 15 is 0 Å². The molecule has 0 amide bonds. The smallest absolute Gasteiger partial charge is 0.0615 e. The predicted octanol–water partition coefficient (Wildman–Crippen LogP) is 2.78. The molecular weight excluding hydrogens is 236 g/mol. The van der Waals surface area contributed by atoms with E-state index < -0.39 is 0 Å². The first-order valence-corrected chi connectivity index (χ1v) is 6.23. The topological polar surface area (TPSA) is 38.5 Å². The number of nitrogens with two attached hydrogens (primary N) is 1. The molecule has 17 heavy (non-hydrogen) atoms. The number of nitrogens with zero attached hydrogens (tertiary/aromatic N) is 1. The van der Waals surface area contributed by atoms with Crippen molar-refractivity contribution in [3.63, 3.8) is 0 Å². The van der Waals surface area contributed by atoms with E-state index in [1.54, 1.807) is 7.11 Å². The van der Waals surface area contributed by atoms with Gasteiger partial charge >= 0.3 is 0 Å². The molecule has 0 bridgehead atoms. The second-order valence-electron chi connectivity index (χ2n) is 4.22. The summed E-state index contributed by atoms with van der Waals surface area (Å²) in [4.78, 5) is 2.31. The fraction of sp³-hybridized carbons (Fsp3) is 0.538. The fourth-order valence-electron chi connectivity index (χ4n) is 1.86. The van der Waals surface area contributed by atoms with Crippen LogP contribution in [0.2, 0.25) is 5.02 Å². The summed E-state index contributed by atoms with van der Waals surface area (Å²) in [5.74, 6) is 0. The van der Waals surface area contributed by atoms with Crippen LogP contribution in [0.1, 0.15) is 19.4 Å². The highest BCUT2D eigenvalue weighted by Crippen LogP contribution is 2.21. The second kappa shape index (κ2) is 6.84. The average Bonchev–Trinajstić information content (AvgIpc) is 2.30. The molecule has 0 radical (unpaired) electrons. The van der Waals surface area contributed by atoms with Crippen LogP contribution in [-0.4, -0.2) is 31.2 Å². The zero-order chi connectivity index (χ0) is 12.8. The number of likely N-dealkylation sites (N-methyl/N-ethyl adjacent to an activating group) is 1. The first kappa shape index (κ1) is 14.3. The van der Waals surface area contributed by atoms with Crippen molar-refractivity contribution in [1.82, 2.24) is 4.90 Å². The number of ether oxygens (including phenoxy) is 1. The van der Waals surface area contributed by atoms with Gasteiger partial charge in [0.2, 0.25) is 0 Å². The van der Waals surface area contributed by atoms with E-state index in [1.807, 2.05) is 18.2 Å². The minimum Gasteiger partial charge on any atom is -0.399 e. The number of benzene rings is 1. The quantitative estimate of drug-likeness (QED) is 0.796. The molecule has 0 saturated heterocycles. The lowest BCUT2D eigenvalue weighted by Gasteiger charge is -2.27. The Morgan fingerprint density at radius 3 is 2.76 bits per heavy atom. The molecule has 0 fully saturated rings. The Bertz CT molecular complexity index is 357. The van der Waals surface area contributed by atoms with Gasteiger partial charge in [0.05, 0.1) is 6.61 Å².